The summed E-state index contributed by atoms with van der Waals surface area (Å²) in [5.41, 5.74) is 4.31. The van der Waals surface area contributed by atoms with E-state index < -0.39 is 78.7 Å². The Bertz CT molecular complexity index is 1470. The van der Waals surface area contributed by atoms with E-state index in [0.29, 0.717) is 0 Å². The third-order valence-electron chi connectivity index (χ3n) is 3.67. The van der Waals surface area contributed by atoms with Crippen LogP contribution in [0.15, 0.2) is 53.7 Å². The number of nitrogen functional groups attached to an aromatic ring is 1. The molecule has 0 saturated carbocycles. The number of benzene rings is 2. The highest BCUT2D eigenvalue weighted by Crippen LogP contribution is 2.21. The van der Waals surface area contributed by atoms with E-state index in [4.69, 9.17) is 22.2 Å². The van der Waals surface area contributed by atoms with Gasteiger partial charge in [0.05, 0.1) is 31.9 Å². The molecule has 0 spiro atoms. The molecule has 2 aromatic carbocycles. The maximum absolute atomic E-state index is 12.5. The first-order valence-electron chi connectivity index (χ1n) is 14.7. The summed E-state index contributed by atoms with van der Waals surface area (Å²) in [7, 11) is 0. The van der Waals surface area contributed by atoms with Gasteiger partial charge in [0.1, 0.15) is 0 Å². The van der Waals surface area contributed by atoms with E-state index in [1.165, 1.54) is 6.92 Å². The molecule has 1 amide bonds. The number of hydrogen-bond acceptors (Lipinski definition) is 5. The highest BCUT2D eigenvalue weighted by Gasteiger charge is 2.08. The third kappa shape index (κ3) is 6.69. The van der Waals surface area contributed by atoms with Crippen molar-refractivity contribution in [2.75, 3.05) is 11.1 Å². The molecule has 4 N–H and O–H groups in total. The van der Waals surface area contributed by atoms with Gasteiger partial charge in [0.15, 0.2) is 5.13 Å². The van der Waals surface area contributed by atoms with Crippen molar-refractivity contribution in [2.24, 2.45) is 0 Å². The zero-order chi connectivity index (χ0) is 31.2. The Balaban J connectivity index is 1.81. The van der Waals surface area contributed by atoms with Crippen LogP contribution in [0, 0.1) is 6.92 Å². The molecule has 0 unspecified atom stereocenters. The molecule has 1 atom stereocenters. The minimum atomic E-state index is -3.18. The smallest absolute Gasteiger partial charge is 0.230 e. The number of amides is 1. The Morgan fingerprint density at radius 3 is 2.66 bits per heavy atom. The van der Waals surface area contributed by atoms with Gasteiger partial charge in [-0.2, -0.15) is 0 Å². The topological polar surface area (TPSA) is 88.2 Å². The Labute approximate surface area is 192 Å². The van der Waals surface area contributed by atoms with Crippen LogP contribution in [-0.4, -0.2) is 16.0 Å². The van der Waals surface area contributed by atoms with Crippen LogP contribution < -0.4 is 11.1 Å². The van der Waals surface area contributed by atoms with Crippen LogP contribution in [0.2, 0.25) is 0 Å². The number of hydrogen-bond donors (Lipinski definition) is 3. The lowest BCUT2D eigenvalue weighted by Gasteiger charge is -2.11. The van der Waals surface area contributed by atoms with Gasteiger partial charge in [0.2, 0.25) is 5.91 Å². The van der Waals surface area contributed by atoms with E-state index in [9.17, 15) is 9.90 Å². The Hall–Kier alpha value is -2.70. The zero-order valence-corrected chi connectivity index (χ0v) is 16.4. The summed E-state index contributed by atoms with van der Waals surface area (Å²) in [5, 5.41) is 13.2. The molecule has 0 saturated heterocycles. The second kappa shape index (κ2) is 10.2. The van der Waals surface area contributed by atoms with Crippen LogP contribution in [0.3, 0.4) is 0 Å². The van der Waals surface area contributed by atoms with Gasteiger partial charge in [-0.15, -0.1) is 11.3 Å². The van der Waals surface area contributed by atoms with Crippen LogP contribution in [0.1, 0.15) is 64.1 Å². The summed E-state index contributed by atoms with van der Waals surface area (Å²) in [6.07, 6.45) is -7.29. The second-order valence-electron chi connectivity index (χ2n) is 6.06. The summed E-state index contributed by atoms with van der Waals surface area (Å²) < 4.78 is 98.0. The SMILES string of the molecule is [2H]c1sc(N)nc1CC(=O)Nc1c([2H])c([2H])c(CCCC([2H])([2H])[C@]([2H])(O)c2c([2H])c([2H])c(C)c([2H])c2[2H])c([2H])c1[2H]. The fourth-order valence-corrected chi connectivity index (χ4v) is 2.78. The van der Waals surface area contributed by atoms with E-state index in [0.717, 1.165) is 11.3 Å². The number of nitrogens with one attached hydrogen (secondary N) is 1. The number of nitrogens with zero attached hydrogens (tertiary/aromatic N) is 1. The molecule has 29 heavy (non-hydrogen) atoms. The predicted molar refractivity (Wildman–Crippen MR) is 119 cm³/mol. The molecule has 3 aromatic rings. The number of rotatable bonds is 9. The first kappa shape index (κ1) is 10.4. The lowest BCUT2D eigenvalue weighted by molar-refractivity contribution is -0.115. The fourth-order valence-electron chi connectivity index (χ4n) is 2.28. The number of carbonyl (C=O) groups is 1. The molecule has 0 aliphatic heterocycles. The van der Waals surface area contributed by atoms with Gasteiger partial charge in [0, 0.05) is 13.8 Å². The minimum Gasteiger partial charge on any atom is -0.388 e. The van der Waals surface area contributed by atoms with E-state index in [1.54, 1.807) is 0 Å². The molecule has 5 nitrogen and oxygen atoms in total. The Kier molecular flexibility index (Phi) is 3.64. The average molecular weight is 422 g/mol. The number of aliphatic hydroxyl groups is 1. The predicted octanol–water partition coefficient (Wildman–Crippen LogP) is 4.66. The van der Waals surface area contributed by atoms with E-state index >= 15 is 0 Å². The van der Waals surface area contributed by atoms with Crippen LogP contribution in [0.4, 0.5) is 10.8 Å². The highest BCUT2D eigenvalue weighted by atomic mass is 32.1. The Morgan fingerprint density at radius 2 is 2.00 bits per heavy atom. The first-order chi connectivity index (χ1) is 18.8. The summed E-state index contributed by atoms with van der Waals surface area (Å²) in [6.45, 7) is 1.33. The van der Waals surface area contributed by atoms with Crippen LogP contribution >= 0.6 is 11.3 Å². The maximum Gasteiger partial charge on any atom is 0.230 e. The zero-order valence-electron chi connectivity index (χ0n) is 27.6. The van der Waals surface area contributed by atoms with Crippen molar-refractivity contribution >= 4 is 28.1 Å². The molecule has 0 aliphatic carbocycles. The van der Waals surface area contributed by atoms with Crippen molar-refractivity contribution < 1.29 is 26.4 Å². The Morgan fingerprint density at radius 1 is 1.28 bits per heavy atom. The van der Waals surface area contributed by atoms with Gasteiger partial charge in [-0.25, -0.2) is 4.98 Å². The van der Waals surface area contributed by atoms with Gasteiger partial charge in [-0.1, -0.05) is 48.2 Å². The standard InChI is InChI=1S/C23H27N3O2S/c1-16-6-10-18(11-7-16)21(27)5-3-2-4-17-8-12-19(13-9-17)25-22(28)14-20-15-29-23(24)26-20/h6-13,15,21,27H,2-5,14H2,1H3,(H2,24,26)(H,25,28)/t21-/m0/s1/i5D2,6D,7D,8D,9D,10D,11D,12D,13D,15D,21D. The van der Waals surface area contributed by atoms with Gasteiger partial charge >= 0.3 is 0 Å². The van der Waals surface area contributed by atoms with Crippen LogP contribution in [0.25, 0.3) is 0 Å². The molecule has 3 rings (SSSR count). The van der Waals surface area contributed by atoms with Gasteiger partial charge < -0.3 is 16.2 Å². The second-order valence-corrected chi connectivity index (χ2v) is 6.88. The lowest BCUT2D eigenvalue weighted by atomic mass is 10.0. The minimum absolute atomic E-state index is 0.0166. The van der Waals surface area contributed by atoms with E-state index in [-0.39, 0.29) is 52.3 Å². The van der Waals surface area contributed by atoms with Crippen molar-refractivity contribution in [2.45, 2.75) is 45.1 Å². The van der Waals surface area contributed by atoms with Crippen molar-refractivity contribution in [1.82, 2.24) is 4.98 Å². The molecule has 0 bridgehead atoms. The number of aromatic nitrogens is 1. The summed E-state index contributed by atoms with van der Waals surface area (Å²) >= 11 is 0.873. The molecular formula is C23H27N3O2S. The molecule has 152 valence electrons. The normalized spacial score (nSPS) is 19.4. The van der Waals surface area contributed by atoms with Gasteiger partial charge in [0.25, 0.3) is 0 Å². The van der Waals surface area contributed by atoms with Crippen LogP contribution in [0.5, 0.6) is 0 Å². The van der Waals surface area contributed by atoms with Gasteiger partial charge in [-0.3, -0.25) is 4.79 Å². The van der Waals surface area contributed by atoms with Gasteiger partial charge in [-0.05, 0) is 49.4 Å². The fraction of sp³-hybridized carbons (Fsp3) is 0.304. The monoisotopic (exact) mass is 421 g/mol. The maximum atomic E-state index is 12.5. The largest absolute Gasteiger partial charge is 0.388 e. The summed E-state index contributed by atoms with van der Waals surface area (Å²) in [5.74, 6) is -0.731. The van der Waals surface area contributed by atoms with Crippen LogP contribution in [-0.2, 0) is 17.6 Å². The molecule has 6 heteroatoms. The van der Waals surface area contributed by atoms with E-state index in [1.807, 2.05) is 0 Å². The lowest BCUT2D eigenvalue weighted by Crippen LogP contribution is -2.14. The highest BCUT2D eigenvalue weighted by molar-refractivity contribution is 7.13. The van der Waals surface area contributed by atoms with Crippen molar-refractivity contribution in [3.63, 3.8) is 0 Å². The number of carbonyl (C=O) groups excluding carboxylic acids is 1. The number of anilines is 2. The molecule has 1 heterocycles. The molecule has 0 fully saturated rings. The average Bonchev–Trinajstić information content (AvgIpc) is 3.20. The molecule has 0 radical (unpaired) electrons. The number of nitrogens with two attached hydrogens (primary N) is 1. The third-order valence-corrected chi connectivity index (χ3v) is 4.31. The van der Waals surface area contributed by atoms with E-state index in [2.05, 4.69) is 10.3 Å². The quantitative estimate of drug-likeness (QED) is 0.469. The molecule has 1 aromatic heterocycles. The molecular weight excluding hydrogens is 382 g/mol. The summed E-state index contributed by atoms with van der Waals surface area (Å²) in [4.78, 5) is 16.3. The van der Waals surface area contributed by atoms with Crippen molar-refractivity contribution in [3.05, 3.63) is 76.1 Å². The van der Waals surface area contributed by atoms with Crippen molar-refractivity contribution in [3.8, 4) is 0 Å². The van der Waals surface area contributed by atoms with Crippen molar-refractivity contribution in [1.29, 1.82) is 0 Å². The summed E-state index contributed by atoms with van der Waals surface area (Å²) in [6, 6.07) is -4.56. The number of thiazole rings is 1. The first-order valence-corrected chi connectivity index (χ1v) is 9.55. The molecule has 0 aliphatic rings.